The molecule has 0 bridgehead atoms. The van der Waals surface area contributed by atoms with Gasteiger partial charge in [-0.15, -0.1) is 0 Å². The molecule has 0 N–H and O–H groups in total. The molecule has 0 amide bonds. The first-order valence-electron chi connectivity index (χ1n) is 7.66. The highest BCUT2D eigenvalue weighted by Gasteiger charge is 2.08. The summed E-state index contributed by atoms with van der Waals surface area (Å²) in [5, 5.41) is 1.94. The number of ether oxygens (including phenoxy) is 1. The van der Waals surface area contributed by atoms with Crippen LogP contribution < -0.4 is 4.74 Å². The SMILES string of the molecule is O=C(C=Cc1ccccc1)Oc1ccc2oc3ccccc3c2c1. The van der Waals surface area contributed by atoms with Gasteiger partial charge in [0.05, 0.1) is 0 Å². The molecule has 0 radical (unpaired) electrons. The summed E-state index contributed by atoms with van der Waals surface area (Å²) in [6, 6.07) is 22.8. The molecule has 3 heteroatoms. The Labute approximate surface area is 138 Å². The van der Waals surface area contributed by atoms with Crippen molar-refractivity contribution in [1.82, 2.24) is 0 Å². The summed E-state index contributed by atoms with van der Waals surface area (Å²) in [5.41, 5.74) is 2.54. The number of hydrogen-bond donors (Lipinski definition) is 0. The fraction of sp³-hybridized carbons (Fsp3) is 0. The molecule has 0 saturated heterocycles. The highest BCUT2D eigenvalue weighted by Crippen LogP contribution is 2.31. The van der Waals surface area contributed by atoms with Gasteiger partial charge in [-0.2, -0.15) is 0 Å². The summed E-state index contributed by atoms with van der Waals surface area (Å²) < 4.78 is 11.2. The zero-order valence-corrected chi connectivity index (χ0v) is 12.8. The van der Waals surface area contributed by atoms with E-state index in [1.54, 1.807) is 12.1 Å². The van der Waals surface area contributed by atoms with E-state index in [-0.39, 0.29) is 0 Å². The number of benzene rings is 3. The van der Waals surface area contributed by atoms with E-state index in [2.05, 4.69) is 0 Å². The number of fused-ring (bicyclic) bond motifs is 3. The van der Waals surface area contributed by atoms with E-state index < -0.39 is 5.97 Å². The van der Waals surface area contributed by atoms with Crippen LogP contribution in [0.3, 0.4) is 0 Å². The minimum Gasteiger partial charge on any atom is -0.456 e. The third-order valence-electron chi connectivity index (χ3n) is 3.78. The van der Waals surface area contributed by atoms with Crippen LogP contribution in [0.25, 0.3) is 28.0 Å². The summed E-state index contributed by atoms with van der Waals surface area (Å²) in [7, 11) is 0. The Morgan fingerprint density at radius 2 is 1.58 bits per heavy atom. The van der Waals surface area contributed by atoms with Crippen LogP contribution in [-0.4, -0.2) is 5.97 Å². The molecule has 3 nitrogen and oxygen atoms in total. The first kappa shape index (κ1) is 14.3. The molecule has 0 atom stereocenters. The fourth-order valence-corrected chi connectivity index (χ4v) is 2.65. The number of furan rings is 1. The van der Waals surface area contributed by atoms with Crippen molar-refractivity contribution in [3.8, 4) is 5.75 Å². The summed E-state index contributed by atoms with van der Waals surface area (Å²) in [4.78, 5) is 12.0. The van der Waals surface area contributed by atoms with Crippen molar-refractivity contribution in [2.24, 2.45) is 0 Å². The van der Waals surface area contributed by atoms with Crippen molar-refractivity contribution in [3.63, 3.8) is 0 Å². The standard InChI is InChI=1S/C21H14O3/c22-21(13-10-15-6-2-1-3-7-15)23-16-11-12-20-18(14-16)17-8-4-5-9-19(17)24-20/h1-14H. The van der Waals surface area contributed by atoms with Gasteiger partial charge in [-0.05, 0) is 35.9 Å². The molecule has 1 aromatic heterocycles. The Morgan fingerprint density at radius 3 is 2.46 bits per heavy atom. The molecular formula is C21H14O3. The van der Waals surface area contributed by atoms with Gasteiger partial charge in [0.25, 0.3) is 0 Å². The van der Waals surface area contributed by atoms with Crippen LogP contribution in [0.4, 0.5) is 0 Å². The predicted octanol–water partition coefficient (Wildman–Crippen LogP) is 5.20. The van der Waals surface area contributed by atoms with Gasteiger partial charge in [0, 0.05) is 16.8 Å². The average molecular weight is 314 g/mol. The van der Waals surface area contributed by atoms with E-state index in [4.69, 9.17) is 9.15 Å². The number of carbonyl (C=O) groups excluding carboxylic acids is 1. The maximum Gasteiger partial charge on any atom is 0.336 e. The molecule has 0 aliphatic carbocycles. The van der Waals surface area contributed by atoms with Crippen molar-refractivity contribution in [2.45, 2.75) is 0 Å². The predicted molar refractivity (Wildman–Crippen MR) is 94.8 cm³/mol. The van der Waals surface area contributed by atoms with Crippen molar-refractivity contribution in [3.05, 3.63) is 84.4 Å². The molecular weight excluding hydrogens is 300 g/mol. The topological polar surface area (TPSA) is 39.4 Å². The molecule has 3 aromatic carbocycles. The Hall–Kier alpha value is -3.33. The molecule has 4 rings (SSSR count). The van der Waals surface area contributed by atoms with E-state index in [1.807, 2.05) is 66.7 Å². The molecule has 0 spiro atoms. The van der Waals surface area contributed by atoms with Gasteiger partial charge in [-0.3, -0.25) is 0 Å². The monoisotopic (exact) mass is 314 g/mol. The molecule has 4 aromatic rings. The minimum absolute atomic E-state index is 0.411. The normalized spacial score (nSPS) is 11.3. The lowest BCUT2D eigenvalue weighted by atomic mass is 10.1. The van der Waals surface area contributed by atoms with E-state index in [0.717, 1.165) is 27.5 Å². The second-order valence-corrected chi connectivity index (χ2v) is 5.42. The lowest BCUT2D eigenvalue weighted by Gasteiger charge is -2.01. The van der Waals surface area contributed by atoms with E-state index in [9.17, 15) is 4.79 Å². The van der Waals surface area contributed by atoms with Crippen LogP contribution >= 0.6 is 0 Å². The molecule has 0 fully saturated rings. The van der Waals surface area contributed by atoms with Gasteiger partial charge >= 0.3 is 5.97 Å². The molecule has 0 unspecified atom stereocenters. The average Bonchev–Trinajstić information content (AvgIpc) is 2.99. The van der Waals surface area contributed by atoms with Gasteiger partial charge in [0.2, 0.25) is 0 Å². The minimum atomic E-state index is -0.411. The molecule has 24 heavy (non-hydrogen) atoms. The largest absolute Gasteiger partial charge is 0.456 e. The Balaban J connectivity index is 1.59. The van der Waals surface area contributed by atoms with Crippen molar-refractivity contribution < 1.29 is 13.9 Å². The van der Waals surface area contributed by atoms with Crippen LogP contribution in [0.15, 0.2) is 83.3 Å². The number of carbonyl (C=O) groups is 1. The van der Waals surface area contributed by atoms with Crippen LogP contribution in [-0.2, 0) is 4.79 Å². The van der Waals surface area contributed by atoms with Crippen molar-refractivity contribution in [2.75, 3.05) is 0 Å². The zero-order chi connectivity index (χ0) is 16.4. The molecule has 1 heterocycles. The Bertz CT molecular complexity index is 1040. The Morgan fingerprint density at radius 1 is 0.833 bits per heavy atom. The van der Waals surface area contributed by atoms with Gasteiger partial charge < -0.3 is 9.15 Å². The van der Waals surface area contributed by atoms with Gasteiger partial charge in [-0.1, -0.05) is 48.5 Å². The van der Waals surface area contributed by atoms with Crippen molar-refractivity contribution >= 4 is 34.0 Å². The number of para-hydroxylation sites is 1. The lowest BCUT2D eigenvalue weighted by molar-refractivity contribution is -0.128. The molecule has 116 valence electrons. The highest BCUT2D eigenvalue weighted by atomic mass is 16.5. The lowest BCUT2D eigenvalue weighted by Crippen LogP contribution is -2.03. The summed E-state index contributed by atoms with van der Waals surface area (Å²) in [6.45, 7) is 0. The van der Waals surface area contributed by atoms with Crippen LogP contribution in [0.5, 0.6) is 5.75 Å². The maximum absolute atomic E-state index is 12.0. The zero-order valence-electron chi connectivity index (χ0n) is 12.8. The van der Waals surface area contributed by atoms with E-state index >= 15 is 0 Å². The van der Waals surface area contributed by atoms with Gasteiger partial charge in [0.15, 0.2) is 0 Å². The third-order valence-corrected chi connectivity index (χ3v) is 3.78. The smallest absolute Gasteiger partial charge is 0.336 e. The first-order valence-corrected chi connectivity index (χ1v) is 7.66. The maximum atomic E-state index is 12.0. The third kappa shape index (κ3) is 2.79. The Kier molecular flexibility index (Phi) is 3.60. The van der Waals surface area contributed by atoms with Crippen LogP contribution in [0, 0.1) is 0 Å². The summed E-state index contributed by atoms with van der Waals surface area (Å²) >= 11 is 0. The van der Waals surface area contributed by atoms with E-state index in [1.165, 1.54) is 6.08 Å². The molecule has 0 aliphatic rings. The summed E-state index contributed by atoms with van der Waals surface area (Å²) in [5.74, 6) is 0.0859. The van der Waals surface area contributed by atoms with Gasteiger partial charge in [0.1, 0.15) is 16.9 Å². The number of hydrogen-bond acceptors (Lipinski definition) is 3. The second-order valence-electron chi connectivity index (χ2n) is 5.42. The quantitative estimate of drug-likeness (QED) is 0.296. The number of rotatable bonds is 3. The first-order chi connectivity index (χ1) is 11.8. The van der Waals surface area contributed by atoms with Crippen LogP contribution in [0.1, 0.15) is 5.56 Å². The van der Waals surface area contributed by atoms with Gasteiger partial charge in [-0.25, -0.2) is 4.79 Å². The van der Waals surface area contributed by atoms with E-state index in [0.29, 0.717) is 5.75 Å². The van der Waals surface area contributed by atoms with Crippen molar-refractivity contribution in [1.29, 1.82) is 0 Å². The van der Waals surface area contributed by atoms with Crippen LogP contribution in [0.2, 0.25) is 0 Å². The molecule has 0 aliphatic heterocycles. The molecule has 0 saturated carbocycles. The highest BCUT2D eigenvalue weighted by molar-refractivity contribution is 6.05. The second kappa shape index (κ2) is 6.05. The number of esters is 1. The fourth-order valence-electron chi connectivity index (χ4n) is 2.65. The summed E-state index contributed by atoms with van der Waals surface area (Å²) in [6.07, 6.45) is 3.15.